The van der Waals surface area contributed by atoms with E-state index < -0.39 is 0 Å². The van der Waals surface area contributed by atoms with Gasteiger partial charge in [0.05, 0.1) is 18.9 Å². The summed E-state index contributed by atoms with van der Waals surface area (Å²) >= 11 is 0. The third-order valence-electron chi connectivity index (χ3n) is 3.39. The van der Waals surface area contributed by atoms with Gasteiger partial charge in [-0.25, -0.2) is 0 Å². The fraction of sp³-hybridized carbons (Fsp3) is 0.333. The van der Waals surface area contributed by atoms with Gasteiger partial charge in [0.25, 0.3) is 0 Å². The molecule has 1 fully saturated rings. The van der Waals surface area contributed by atoms with E-state index in [0.29, 0.717) is 6.61 Å². The molecule has 1 N–H and O–H groups in total. The molecule has 0 spiro atoms. The highest BCUT2D eigenvalue weighted by molar-refractivity contribution is 5.20. The van der Waals surface area contributed by atoms with Gasteiger partial charge in [-0.3, -0.25) is 0 Å². The molecular formula is C15H17NO2. The first kappa shape index (κ1) is 11.5. The Morgan fingerprint density at radius 2 is 1.94 bits per heavy atom. The number of rotatable bonds is 2. The minimum atomic E-state index is -0.0000350. The van der Waals surface area contributed by atoms with Gasteiger partial charge in [-0.05, 0) is 24.6 Å². The Kier molecular flexibility index (Phi) is 3.17. The van der Waals surface area contributed by atoms with E-state index in [-0.39, 0.29) is 18.2 Å². The van der Waals surface area contributed by atoms with E-state index >= 15 is 0 Å². The maximum atomic E-state index is 5.95. The standard InChI is InChI=1S/C15H17NO2/c1-11-15(14-8-5-9-17-14)18-10-13(16-11)12-6-3-2-4-7-12/h2-9,11,13,15-16H,10H2,1H3. The fourth-order valence-electron chi connectivity index (χ4n) is 2.46. The summed E-state index contributed by atoms with van der Waals surface area (Å²) in [6.45, 7) is 2.79. The van der Waals surface area contributed by atoms with Crippen LogP contribution in [-0.4, -0.2) is 12.6 Å². The molecule has 0 bridgehead atoms. The lowest BCUT2D eigenvalue weighted by Crippen LogP contribution is -2.43. The van der Waals surface area contributed by atoms with Gasteiger partial charge in [0.2, 0.25) is 0 Å². The maximum absolute atomic E-state index is 5.95. The molecule has 0 radical (unpaired) electrons. The zero-order valence-corrected chi connectivity index (χ0v) is 10.4. The van der Waals surface area contributed by atoms with Crippen molar-refractivity contribution in [2.45, 2.75) is 25.1 Å². The van der Waals surface area contributed by atoms with E-state index in [1.807, 2.05) is 18.2 Å². The number of nitrogens with one attached hydrogen (secondary N) is 1. The quantitative estimate of drug-likeness (QED) is 0.880. The first-order chi connectivity index (χ1) is 8.84. The number of benzene rings is 1. The normalized spacial score (nSPS) is 28.2. The number of furan rings is 1. The Bertz CT molecular complexity index is 480. The molecular weight excluding hydrogens is 226 g/mol. The summed E-state index contributed by atoms with van der Waals surface area (Å²) in [6.07, 6.45) is 1.69. The van der Waals surface area contributed by atoms with Crippen molar-refractivity contribution in [1.82, 2.24) is 5.32 Å². The van der Waals surface area contributed by atoms with E-state index in [2.05, 4.69) is 36.5 Å². The largest absolute Gasteiger partial charge is 0.467 e. The van der Waals surface area contributed by atoms with Crippen molar-refractivity contribution in [2.75, 3.05) is 6.61 Å². The van der Waals surface area contributed by atoms with Gasteiger partial charge in [0.1, 0.15) is 11.9 Å². The molecule has 0 aliphatic carbocycles. The lowest BCUT2D eigenvalue weighted by molar-refractivity contribution is -0.0363. The minimum Gasteiger partial charge on any atom is -0.467 e. The monoisotopic (exact) mass is 243 g/mol. The van der Waals surface area contributed by atoms with Crippen LogP contribution in [0.4, 0.5) is 0 Å². The number of ether oxygens (including phenoxy) is 1. The summed E-state index contributed by atoms with van der Waals surface area (Å²) in [7, 11) is 0. The van der Waals surface area contributed by atoms with Crippen LogP contribution in [0.3, 0.4) is 0 Å². The second-order valence-corrected chi connectivity index (χ2v) is 4.69. The van der Waals surface area contributed by atoms with Crippen LogP contribution < -0.4 is 5.32 Å². The molecule has 1 saturated heterocycles. The average Bonchev–Trinajstić information content (AvgIpc) is 2.93. The SMILES string of the molecule is CC1NC(c2ccccc2)COC1c1ccco1. The highest BCUT2D eigenvalue weighted by atomic mass is 16.5. The lowest BCUT2D eigenvalue weighted by atomic mass is 10.0. The zero-order valence-electron chi connectivity index (χ0n) is 10.4. The molecule has 1 aliphatic rings. The van der Waals surface area contributed by atoms with Gasteiger partial charge in [0, 0.05) is 6.04 Å². The van der Waals surface area contributed by atoms with Crippen LogP contribution in [0.25, 0.3) is 0 Å². The van der Waals surface area contributed by atoms with Gasteiger partial charge >= 0.3 is 0 Å². The van der Waals surface area contributed by atoms with Crippen LogP contribution in [0.5, 0.6) is 0 Å². The molecule has 18 heavy (non-hydrogen) atoms. The minimum absolute atomic E-state index is 0.0000350. The number of hydrogen-bond acceptors (Lipinski definition) is 3. The Labute approximate surface area is 107 Å². The third-order valence-corrected chi connectivity index (χ3v) is 3.39. The predicted molar refractivity (Wildman–Crippen MR) is 69.2 cm³/mol. The first-order valence-electron chi connectivity index (χ1n) is 6.30. The molecule has 3 heteroatoms. The first-order valence-corrected chi connectivity index (χ1v) is 6.30. The van der Waals surface area contributed by atoms with Crippen molar-refractivity contribution in [3.8, 4) is 0 Å². The van der Waals surface area contributed by atoms with Gasteiger partial charge in [-0.15, -0.1) is 0 Å². The molecule has 3 rings (SSSR count). The van der Waals surface area contributed by atoms with E-state index in [4.69, 9.17) is 9.15 Å². The van der Waals surface area contributed by atoms with Gasteiger partial charge in [-0.1, -0.05) is 30.3 Å². The van der Waals surface area contributed by atoms with E-state index in [1.165, 1.54) is 5.56 Å². The fourth-order valence-corrected chi connectivity index (χ4v) is 2.46. The van der Waals surface area contributed by atoms with Crippen molar-refractivity contribution in [3.63, 3.8) is 0 Å². The van der Waals surface area contributed by atoms with Crippen molar-refractivity contribution >= 4 is 0 Å². The molecule has 2 heterocycles. The Hall–Kier alpha value is -1.58. The van der Waals surface area contributed by atoms with Crippen LogP contribution in [0.1, 0.15) is 30.4 Å². The van der Waals surface area contributed by atoms with Crippen LogP contribution in [0.2, 0.25) is 0 Å². The molecule has 3 atom stereocenters. The summed E-state index contributed by atoms with van der Waals surface area (Å²) in [5.41, 5.74) is 1.27. The molecule has 3 unspecified atom stereocenters. The van der Waals surface area contributed by atoms with Crippen LogP contribution in [-0.2, 0) is 4.74 Å². The smallest absolute Gasteiger partial charge is 0.134 e. The van der Waals surface area contributed by atoms with Gasteiger partial charge in [-0.2, -0.15) is 0 Å². The van der Waals surface area contributed by atoms with E-state index in [0.717, 1.165) is 5.76 Å². The second-order valence-electron chi connectivity index (χ2n) is 4.69. The number of morpholine rings is 1. The average molecular weight is 243 g/mol. The summed E-state index contributed by atoms with van der Waals surface area (Å²) in [6, 6.07) is 14.7. The molecule has 3 nitrogen and oxygen atoms in total. The highest BCUT2D eigenvalue weighted by Gasteiger charge is 2.30. The molecule has 0 amide bonds. The van der Waals surface area contributed by atoms with Crippen LogP contribution in [0, 0.1) is 0 Å². The Balaban J connectivity index is 1.72. The number of hydrogen-bond donors (Lipinski definition) is 1. The molecule has 1 aromatic heterocycles. The highest BCUT2D eigenvalue weighted by Crippen LogP contribution is 2.29. The summed E-state index contributed by atoms with van der Waals surface area (Å²) in [5, 5.41) is 3.59. The van der Waals surface area contributed by atoms with Crippen molar-refractivity contribution in [1.29, 1.82) is 0 Å². The summed E-state index contributed by atoms with van der Waals surface area (Å²) in [4.78, 5) is 0. The van der Waals surface area contributed by atoms with Crippen LogP contribution >= 0.6 is 0 Å². The zero-order chi connectivity index (χ0) is 12.4. The van der Waals surface area contributed by atoms with E-state index in [1.54, 1.807) is 6.26 Å². The van der Waals surface area contributed by atoms with E-state index in [9.17, 15) is 0 Å². The Morgan fingerprint density at radius 3 is 2.61 bits per heavy atom. The summed E-state index contributed by atoms with van der Waals surface area (Å²) < 4.78 is 11.4. The van der Waals surface area contributed by atoms with Gasteiger partial charge < -0.3 is 14.5 Å². The molecule has 94 valence electrons. The molecule has 0 saturated carbocycles. The molecule has 2 aromatic rings. The second kappa shape index (κ2) is 4.96. The van der Waals surface area contributed by atoms with Crippen molar-refractivity contribution in [3.05, 3.63) is 60.1 Å². The van der Waals surface area contributed by atoms with Crippen LogP contribution in [0.15, 0.2) is 53.1 Å². The molecule has 1 aromatic carbocycles. The predicted octanol–water partition coefficient (Wildman–Crippen LogP) is 3.07. The van der Waals surface area contributed by atoms with Gasteiger partial charge in [0.15, 0.2) is 0 Å². The maximum Gasteiger partial charge on any atom is 0.134 e. The summed E-state index contributed by atoms with van der Waals surface area (Å²) in [5.74, 6) is 0.890. The Morgan fingerprint density at radius 1 is 1.11 bits per heavy atom. The topological polar surface area (TPSA) is 34.4 Å². The third kappa shape index (κ3) is 2.19. The van der Waals surface area contributed by atoms with Crippen molar-refractivity contribution in [2.24, 2.45) is 0 Å². The van der Waals surface area contributed by atoms with Crippen molar-refractivity contribution < 1.29 is 9.15 Å². The molecule has 1 aliphatic heterocycles. The lowest BCUT2D eigenvalue weighted by Gasteiger charge is -2.35.